The first kappa shape index (κ1) is 15.8. The molecule has 0 bridgehead atoms. The quantitative estimate of drug-likeness (QED) is 0.849. The molecular weight excluding hydrogens is 322 g/mol. The number of hydrogen-bond donors (Lipinski definition) is 0. The standard InChI is InChI=1S/C17H23N5OS/c1-13(23)22-15(9-21-12-18-11-19-21)7-14-8-20(5-4-17(14)22)10-16-3-2-6-24-16/h2-3,6,11-12,14-15,17H,4-5,7-10H2,1H3/t14-,15+,17+/m1/s1. The van der Waals surface area contributed by atoms with Gasteiger partial charge in [-0.3, -0.25) is 14.4 Å². The van der Waals surface area contributed by atoms with Crippen molar-refractivity contribution in [3.8, 4) is 0 Å². The Hall–Kier alpha value is -1.73. The molecule has 2 saturated heterocycles. The summed E-state index contributed by atoms with van der Waals surface area (Å²) in [6.45, 7) is 5.64. The molecule has 2 aromatic rings. The van der Waals surface area contributed by atoms with Gasteiger partial charge in [0, 0.05) is 37.5 Å². The normalized spacial score (nSPS) is 27.4. The number of rotatable bonds is 4. The number of carbonyl (C=O) groups excluding carboxylic acids is 1. The molecule has 3 atom stereocenters. The lowest BCUT2D eigenvalue weighted by atomic mass is 9.92. The van der Waals surface area contributed by atoms with E-state index in [1.165, 1.54) is 4.88 Å². The van der Waals surface area contributed by atoms with Crippen LogP contribution in [0.3, 0.4) is 0 Å². The number of carbonyl (C=O) groups is 1. The van der Waals surface area contributed by atoms with E-state index in [1.807, 2.05) is 16.0 Å². The molecule has 2 aliphatic heterocycles. The highest BCUT2D eigenvalue weighted by Gasteiger charge is 2.45. The molecule has 2 aromatic heterocycles. The van der Waals surface area contributed by atoms with Crippen LogP contribution in [-0.4, -0.2) is 55.6 Å². The molecule has 2 fully saturated rings. The first-order valence-corrected chi connectivity index (χ1v) is 9.44. The summed E-state index contributed by atoms with van der Waals surface area (Å²) in [5, 5.41) is 6.36. The smallest absolute Gasteiger partial charge is 0.220 e. The first-order chi connectivity index (χ1) is 11.7. The van der Waals surface area contributed by atoms with Gasteiger partial charge in [-0.2, -0.15) is 5.10 Å². The number of fused-ring (bicyclic) bond motifs is 1. The maximum atomic E-state index is 12.2. The van der Waals surface area contributed by atoms with Crippen LogP contribution in [0.15, 0.2) is 30.2 Å². The van der Waals surface area contributed by atoms with E-state index in [4.69, 9.17) is 0 Å². The molecule has 0 aliphatic carbocycles. The SMILES string of the molecule is CC(=O)N1[C@H](Cn2cncn2)C[C@@H]2CN(Cc3cccs3)CC[C@@H]21. The van der Waals surface area contributed by atoms with Gasteiger partial charge in [0.1, 0.15) is 12.7 Å². The minimum atomic E-state index is 0.194. The summed E-state index contributed by atoms with van der Waals surface area (Å²) in [6.07, 6.45) is 5.43. The van der Waals surface area contributed by atoms with Gasteiger partial charge in [-0.1, -0.05) is 6.07 Å². The number of aromatic nitrogens is 3. The van der Waals surface area contributed by atoms with Crippen LogP contribution >= 0.6 is 11.3 Å². The van der Waals surface area contributed by atoms with Gasteiger partial charge in [-0.25, -0.2) is 4.98 Å². The summed E-state index contributed by atoms with van der Waals surface area (Å²) >= 11 is 1.83. The third kappa shape index (κ3) is 3.10. The molecule has 4 heterocycles. The Labute approximate surface area is 146 Å². The van der Waals surface area contributed by atoms with Crippen molar-refractivity contribution in [2.45, 2.75) is 44.9 Å². The Kier molecular flexibility index (Phi) is 4.37. The van der Waals surface area contributed by atoms with Gasteiger partial charge in [0.25, 0.3) is 0 Å². The zero-order valence-corrected chi connectivity index (χ0v) is 14.7. The minimum absolute atomic E-state index is 0.194. The molecule has 0 aromatic carbocycles. The molecular formula is C17H23N5OS. The van der Waals surface area contributed by atoms with Gasteiger partial charge in [0.2, 0.25) is 5.91 Å². The van der Waals surface area contributed by atoms with Crippen molar-refractivity contribution in [1.82, 2.24) is 24.6 Å². The van der Waals surface area contributed by atoms with E-state index in [2.05, 4.69) is 37.4 Å². The van der Waals surface area contributed by atoms with Crippen molar-refractivity contribution in [2.24, 2.45) is 5.92 Å². The second kappa shape index (κ2) is 6.64. The number of hydrogen-bond acceptors (Lipinski definition) is 5. The maximum absolute atomic E-state index is 12.2. The van der Waals surface area contributed by atoms with Crippen molar-refractivity contribution < 1.29 is 4.79 Å². The van der Waals surface area contributed by atoms with Gasteiger partial charge in [0.15, 0.2) is 0 Å². The molecule has 0 saturated carbocycles. The van der Waals surface area contributed by atoms with Crippen LogP contribution in [0.4, 0.5) is 0 Å². The molecule has 0 spiro atoms. The molecule has 4 rings (SSSR count). The van der Waals surface area contributed by atoms with Crippen LogP contribution in [-0.2, 0) is 17.9 Å². The van der Waals surface area contributed by atoms with E-state index in [0.717, 1.165) is 39.0 Å². The maximum Gasteiger partial charge on any atom is 0.220 e. The summed E-state index contributed by atoms with van der Waals surface area (Å²) in [6, 6.07) is 4.95. The number of amides is 1. The van der Waals surface area contributed by atoms with Crippen molar-refractivity contribution in [2.75, 3.05) is 13.1 Å². The average molecular weight is 345 g/mol. The van der Waals surface area contributed by atoms with E-state index >= 15 is 0 Å². The van der Waals surface area contributed by atoms with Crippen LogP contribution in [0.2, 0.25) is 0 Å². The van der Waals surface area contributed by atoms with Crippen molar-refractivity contribution in [3.05, 3.63) is 35.0 Å². The predicted octanol–water partition coefficient (Wildman–Crippen LogP) is 1.85. The van der Waals surface area contributed by atoms with E-state index in [1.54, 1.807) is 19.6 Å². The lowest BCUT2D eigenvalue weighted by Gasteiger charge is -2.38. The fourth-order valence-corrected chi connectivity index (χ4v) is 5.14. The Morgan fingerprint density at radius 2 is 2.38 bits per heavy atom. The Bertz CT molecular complexity index is 671. The monoisotopic (exact) mass is 345 g/mol. The third-order valence-corrected chi connectivity index (χ3v) is 6.15. The Morgan fingerprint density at radius 3 is 3.08 bits per heavy atom. The zero-order chi connectivity index (χ0) is 16.5. The second-order valence-corrected chi connectivity index (χ2v) is 7.90. The highest BCUT2D eigenvalue weighted by Crippen LogP contribution is 2.36. The van der Waals surface area contributed by atoms with Crippen molar-refractivity contribution in [1.29, 1.82) is 0 Å². The molecule has 2 aliphatic rings. The van der Waals surface area contributed by atoms with E-state index in [-0.39, 0.29) is 11.9 Å². The summed E-state index contributed by atoms with van der Waals surface area (Å²) in [7, 11) is 0. The molecule has 128 valence electrons. The number of likely N-dealkylation sites (tertiary alicyclic amines) is 2. The van der Waals surface area contributed by atoms with Crippen LogP contribution in [0.25, 0.3) is 0 Å². The van der Waals surface area contributed by atoms with Gasteiger partial charge in [0.05, 0.1) is 12.6 Å². The molecule has 0 unspecified atom stereocenters. The fraction of sp³-hybridized carbons (Fsp3) is 0.588. The zero-order valence-electron chi connectivity index (χ0n) is 13.9. The van der Waals surface area contributed by atoms with Crippen LogP contribution in [0.5, 0.6) is 0 Å². The molecule has 6 nitrogen and oxygen atoms in total. The van der Waals surface area contributed by atoms with Gasteiger partial charge in [-0.05, 0) is 30.2 Å². The van der Waals surface area contributed by atoms with Crippen LogP contribution < -0.4 is 0 Å². The topological polar surface area (TPSA) is 54.3 Å². The van der Waals surface area contributed by atoms with Crippen molar-refractivity contribution >= 4 is 17.2 Å². The van der Waals surface area contributed by atoms with Gasteiger partial charge >= 0.3 is 0 Å². The fourth-order valence-electron chi connectivity index (χ4n) is 4.39. The summed E-state index contributed by atoms with van der Waals surface area (Å²) in [5.41, 5.74) is 0. The lowest BCUT2D eigenvalue weighted by molar-refractivity contribution is -0.133. The first-order valence-electron chi connectivity index (χ1n) is 8.57. The molecule has 0 radical (unpaired) electrons. The van der Waals surface area contributed by atoms with E-state index < -0.39 is 0 Å². The Morgan fingerprint density at radius 1 is 1.46 bits per heavy atom. The third-order valence-electron chi connectivity index (χ3n) is 5.29. The van der Waals surface area contributed by atoms with Crippen LogP contribution in [0.1, 0.15) is 24.6 Å². The summed E-state index contributed by atoms with van der Waals surface area (Å²) in [5.74, 6) is 0.760. The summed E-state index contributed by atoms with van der Waals surface area (Å²) < 4.78 is 1.85. The molecule has 0 N–H and O–H groups in total. The average Bonchev–Trinajstić information content (AvgIpc) is 3.27. The largest absolute Gasteiger partial charge is 0.335 e. The van der Waals surface area contributed by atoms with Crippen LogP contribution in [0, 0.1) is 5.92 Å². The minimum Gasteiger partial charge on any atom is -0.335 e. The molecule has 7 heteroatoms. The number of nitrogens with zero attached hydrogens (tertiary/aromatic N) is 5. The van der Waals surface area contributed by atoms with E-state index in [0.29, 0.717) is 12.0 Å². The predicted molar refractivity (Wildman–Crippen MR) is 92.4 cm³/mol. The highest BCUT2D eigenvalue weighted by atomic mass is 32.1. The number of piperidine rings is 1. The lowest BCUT2D eigenvalue weighted by Crippen LogP contribution is -2.48. The molecule has 1 amide bonds. The van der Waals surface area contributed by atoms with E-state index in [9.17, 15) is 4.79 Å². The highest BCUT2D eigenvalue weighted by molar-refractivity contribution is 7.09. The Balaban J connectivity index is 1.45. The second-order valence-electron chi connectivity index (χ2n) is 6.86. The number of thiophene rings is 1. The van der Waals surface area contributed by atoms with Gasteiger partial charge in [-0.15, -0.1) is 11.3 Å². The van der Waals surface area contributed by atoms with Crippen molar-refractivity contribution in [3.63, 3.8) is 0 Å². The molecule has 24 heavy (non-hydrogen) atoms. The van der Waals surface area contributed by atoms with Gasteiger partial charge < -0.3 is 4.90 Å². The summed E-state index contributed by atoms with van der Waals surface area (Å²) in [4.78, 5) is 22.4.